The highest BCUT2D eigenvalue weighted by atomic mass is 16.6. The molecule has 2 fully saturated rings. The van der Waals surface area contributed by atoms with E-state index in [1.165, 1.54) is 11.1 Å². The van der Waals surface area contributed by atoms with Crippen LogP contribution >= 0.6 is 0 Å². The van der Waals surface area contributed by atoms with E-state index in [1.807, 2.05) is 36.4 Å². The van der Waals surface area contributed by atoms with Crippen LogP contribution in [0, 0.1) is 5.92 Å². The van der Waals surface area contributed by atoms with Crippen molar-refractivity contribution in [3.63, 3.8) is 0 Å². The van der Waals surface area contributed by atoms with Gasteiger partial charge in [-0.2, -0.15) is 0 Å². The molecule has 4 rings (SSSR count). The zero-order valence-corrected chi connectivity index (χ0v) is 13.1. The van der Waals surface area contributed by atoms with Gasteiger partial charge in [-0.1, -0.05) is 60.7 Å². The van der Waals surface area contributed by atoms with E-state index in [9.17, 15) is 0 Å². The van der Waals surface area contributed by atoms with Crippen LogP contribution in [0.4, 0.5) is 0 Å². The van der Waals surface area contributed by atoms with Crippen molar-refractivity contribution in [2.75, 3.05) is 6.61 Å². The van der Waals surface area contributed by atoms with E-state index in [0.29, 0.717) is 25.2 Å². The Hall–Kier alpha value is -1.68. The predicted molar refractivity (Wildman–Crippen MR) is 87.9 cm³/mol. The number of rotatable bonds is 7. The average molecular weight is 310 g/mol. The third-order valence-electron chi connectivity index (χ3n) is 4.67. The van der Waals surface area contributed by atoms with Gasteiger partial charge in [-0.25, -0.2) is 0 Å². The maximum absolute atomic E-state index is 6.15. The van der Waals surface area contributed by atoms with Gasteiger partial charge in [0.1, 0.15) is 6.10 Å². The quantitative estimate of drug-likeness (QED) is 0.733. The van der Waals surface area contributed by atoms with Crippen molar-refractivity contribution < 1.29 is 14.2 Å². The lowest BCUT2D eigenvalue weighted by Gasteiger charge is -2.22. The van der Waals surface area contributed by atoms with E-state index in [0.717, 1.165) is 13.0 Å². The lowest BCUT2D eigenvalue weighted by molar-refractivity contribution is -0.0470. The molecule has 1 aliphatic heterocycles. The summed E-state index contributed by atoms with van der Waals surface area (Å²) in [5.41, 5.74) is 2.43. The molecule has 0 radical (unpaired) electrons. The summed E-state index contributed by atoms with van der Waals surface area (Å²) in [6, 6.07) is 20.6. The summed E-state index contributed by atoms with van der Waals surface area (Å²) >= 11 is 0. The van der Waals surface area contributed by atoms with Crippen LogP contribution in [0.15, 0.2) is 60.7 Å². The number of fused-ring (bicyclic) bond motifs is 1. The Kier molecular flexibility index (Phi) is 4.42. The van der Waals surface area contributed by atoms with Crippen molar-refractivity contribution in [3.8, 4) is 0 Å². The standard InChI is InChI=1S/C20H22O3/c1-3-7-15(8-4-1)12-21-14-17-11-18-20(23-18)19(17)22-13-16-9-5-2-6-10-16/h1-10,17-20H,11-14H2. The minimum Gasteiger partial charge on any atom is -0.376 e. The van der Waals surface area contributed by atoms with E-state index in [4.69, 9.17) is 14.2 Å². The van der Waals surface area contributed by atoms with E-state index in [2.05, 4.69) is 24.3 Å². The van der Waals surface area contributed by atoms with Gasteiger partial charge < -0.3 is 14.2 Å². The average Bonchev–Trinajstić information content (AvgIpc) is 3.28. The fourth-order valence-electron chi connectivity index (χ4n) is 3.40. The van der Waals surface area contributed by atoms with Gasteiger partial charge in [0, 0.05) is 5.92 Å². The Morgan fingerprint density at radius 3 is 2.22 bits per heavy atom. The number of hydrogen-bond acceptors (Lipinski definition) is 3. The first-order chi connectivity index (χ1) is 11.4. The molecule has 120 valence electrons. The highest BCUT2D eigenvalue weighted by Gasteiger charge is 2.56. The molecule has 0 spiro atoms. The summed E-state index contributed by atoms with van der Waals surface area (Å²) in [5.74, 6) is 0.436. The lowest BCUT2D eigenvalue weighted by Crippen LogP contribution is -2.28. The van der Waals surface area contributed by atoms with Gasteiger partial charge in [0.05, 0.1) is 32.0 Å². The first-order valence-electron chi connectivity index (χ1n) is 8.33. The zero-order valence-electron chi connectivity index (χ0n) is 13.1. The predicted octanol–water partition coefficient (Wildman–Crippen LogP) is 3.58. The molecule has 0 aromatic heterocycles. The van der Waals surface area contributed by atoms with Crippen molar-refractivity contribution in [1.82, 2.24) is 0 Å². The summed E-state index contributed by atoms with van der Waals surface area (Å²) in [6.07, 6.45) is 1.89. The van der Waals surface area contributed by atoms with Crippen LogP contribution in [-0.4, -0.2) is 24.9 Å². The Morgan fingerprint density at radius 2 is 1.52 bits per heavy atom. The zero-order chi connectivity index (χ0) is 15.5. The second-order valence-electron chi connectivity index (χ2n) is 6.40. The first-order valence-corrected chi connectivity index (χ1v) is 8.33. The van der Waals surface area contributed by atoms with Gasteiger partial charge >= 0.3 is 0 Å². The number of ether oxygens (including phenoxy) is 3. The van der Waals surface area contributed by atoms with Crippen LogP contribution in [-0.2, 0) is 27.4 Å². The Balaban J connectivity index is 1.28. The summed E-state index contributed by atoms with van der Waals surface area (Å²) < 4.78 is 17.7. The molecule has 23 heavy (non-hydrogen) atoms. The maximum atomic E-state index is 6.15. The van der Waals surface area contributed by atoms with Crippen LogP contribution in [0.1, 0.15) is 17.5 Å². The molecule has 2 aromatic rings. The van der Waals surface area contributed by atoms with E-state index < -0.39 is 0 Å². The monoisotopic (exact) mass is 310 g/mol. The third-order valence-corrected chi connectivity index (χ3v) is 4.67. The summed E-state index contributed by atoms with van der Waals surface area (Å²) in [5, 5.41) is 0. The van der Waals surface area contributed by atoms with Gasteiger partial charge in [-0.15, -0.1) is 0 Å². The molecule has 1 saturated heterocycles. The number of hydrogen-bond donors (Lipinski definition) is 0. The fourth-order valence-corrected chi connectivity index (χ4v) is 3.40. The van der Waals surface area contributed by atoms with Crippen molar-refractivity contribution in [1.29, 1.82) is 0 Å². The molecule has 4 unspecified atom stereocenters. The lowest BCUT2D eigenvalue weighted by atomic mass is 10.1. The van der Waals surface area contributed by atoms with Crippen molar-refractivity contribution in [2.24, 2.45) is 5.92 Å². The van der Waals surface area contributed by atoms with Crippen LogP contribution < -0.4 is 0 Å². The molecule has 1 aliphatic carbocycles. The minimum absolute atomic E-state index is 0.163. The van der Waals surface area contributed by atoms with Gasteiger partial charge in [0.2, 0.25) is 0 Å². The third kappa shape index (κ3) is 3.63. The molecule has 2 aromatic carbocycles. The normalized spacial score (nSPS) is 28.5. The summed E-state index contributed by atoms with van der Waals surface area (Å²) in [6.45, 7) is 2.05. The SMILES string of the molecule is c1ccc(COCC2CC3OC3C2OCc2ccccc2)cc1. The molecular weight excluding hydrogens is 288 g/mol. The summed E-state index contributed by atoms with van der Waals surface area (Å²) in [4.78, 5) is 0. The summed E-state index contributed by atoms with van der Waals surface area (Å²) in [7, 11) is 0. The van der Waals surface area contributed by atoms with Gasteiger partial charge in [0.25, 0.3) is 0 Å². The topological polar surface area (TPSA) is 31.0 Å². The molecule has 3 heteroatoms. The number of benzene rings is 2. The highest BCUT2D eigenvalue weighted by molar-refractivity contribution is 5.14. The molecule has 0 N–H and O–H groups in total. The van der Waals surface area contributed by atoms with Crippen LogP contribution in [0.3, 0.4) is 0 Å². The largest absolute Gasteiger partial charge is 0.376 e. The van der Waals surface area contributed by atoms with Crippen molar-refractivity contribution in [3.05, 3.63) is 71.8 Å². The maximum Gasteiger partial charge on any atom is 0.111 e. The molecule has 2 aliphatic rings. The second kappa shape index (κ2) is 6.83. The van der Waals surface area contributed by atoms with Crippen LogP contribution in [0.5, 0.6) is 0 Å². The minimum atomic E-state index is 0.163. The van der Waals surface area contributed by atoms with E-state index in [-0.39, 0.29) is 12.2 Å². The molecule has 3 nitrogen and oxygen atoms in total. The van der Waals surface area contributed by atoms with E-state index in [1.54, 1.807) is 0 Å². The molecule has 0 bridgehead atoms. The Morgan fingerprint density at radius 1 is 0.870 bits per heavy atom. The van der Waals surface area contributed by atoms with Crippen molar-refractivity contribution in [2.45, 2.75) is 37.9 Å². The second-order valence-corrected chi connectivity index (χ2v) is 6.40. The van der Waals surface area contributed by atoms with Gasteiger partial charge in [-0.3, -0.25) is 0 Å². The molecular formula is C20H22O3. The number of epoxide rings is 1. The van der Waals surface area contributed by atoms with E-state index >= 15 is 0 Å². The molecule has 4 atom stereocenters. The first kappa shape index (κ1) is 14.9. The molecule has 0 amide bonds. The Labute approximate surface area is 137 Å². The van der Waals surface area contributed by atoms with Crippen molar-refractivity contribution >= 4 is 0 Å². The fraction of sp³-hybridized carbons (Fsp3) is 0.400. The van der Waals surface area contributed by atoms with Crippen LogP contribution in [0.25, 0.3) is 0 Å². The van der Waals surface area contributed by atoms with Gasteiger partial charge in [-0.05, 0) is 17.5 Å². The highest BCUT2D eigenvalue weighted by Crippen LogP contribution is 2.44. The molecule has 1 heterocycles. The van der Waals surface area contributed by atoms with Gasteiger partial charge in [0.15, 0.2) is 0 Å². The van der Waals surface area contributed by atoms with Crippen LogP contribution in [0.2, 0.25) is 0 Å². The smallest absolute Gasteiger partial charge is 0.111 e. The molecule has 1 saturated carbocycles. The Bertz CT molecular complexity index is 613.